The van der Waals surface area contributed by atoms with E-state index in [1.165, 1.54) is 23.1 Å². The Balaban J connectivity index is 1.47. The van der Waals surface area contributed by atoms with Crippen LogP contribution in [0.3, 0.4) is 0 Å². The predicted octanol–water partition coefficient (Wildman–Crippen LogP) is 1.71. The molecule has 2 aromatic heterocycles. The van der Waals surface area contributed by atoms with E-state index in [0.717, 1.165) is 34.4 Å². The van der Waals surface area contributed by atoms with Crippen LogP contribution in [0.25, 0.3) is 10.2 Å². The molecule has 1 amide bonds. The van der Waals surface area contributed by atoms with Crippen molar-refractivity contribution in [2.45, 2.75) is 39.8 Å². The Bertz CT molecular complexity index is 1390. The van der Waals surface area contributed by atoms with Gasteiger partial charge in [-0.15, -0.1) is 11.3 Å². The molecular formula is C24H25N5O4S. The van der Waals surface area contributed by atoms with Crippen LogP contribution in [0.15, 0.2) is 34.9 Å². The van der Waals surface area contributed by atoms with E-state index in [9.17, 15) is 19.2 Å². The number of ketones is 1. The molecule has 34 heavy (non-hydrogen) atoms. The van der Waals surface area contributed by atoms with Crippen molar-refractivity contribution < 1.29 is 14.4 Å². The van der Waals surface area contributed by atoms with Gasteiger partial charge in [0.2, 0.25) is 11.6 Å². The third-order valence-electron chi connectivity index (χ3n) is 5.91. The van der Waals surface area contributed by atoms with Crippen LogP contribution in [0.2, 0.25) is 0 Å². The fourth-order valence-electron chi connectivity index (χ4n) is 4.16. The minimum atomic E-state index is -0.740. The van der Waals surface area contributed by atoms with Crippen molar-refractivity contribution in [3.05, 3.63) is 73.4 Å². The summed E-state index contributed by atoms with van der Waals surface area (Å²) in [4.78, 5) is 57.8. The van der Waals surface area contributed by atoms with Gasteiger partial charge in [0.25, 0.3) is 11.5 Å². The van der Waals surface area contributed by atoms with E-state index in [4.69, 9.17) is 5.73 Å². The molecular weight excluding hydrogens is 454 g/mol. The third-order valence-corrected chi connectivity index (χ3v) is 6.95. The van der Waals surface area contributed by atoms with E-state index in [2.05, 4.69) is 15.3 Å². The highest BCUT2D eigenvalue weighted by Crippen LogP contribution is 2.27. The van der Waals surface area contributed by atoms with E-state index < -0.39 is 11.7 Å². The van der Waals surface area contributed by atoms with Gasteiger partial charge >= 0.3 is 0 Å². The molecule has 0 saturated carbocycles. The van der Waals surface area contributed by atoms with Crippen LogP contribution in [0.4, 0.5) is 0 Å². The van der Waals surface area contributed by atoms with Gasteiger partial charge in [0, 0.05) is 30.7 Å². The number of hydrogen-bond donors (Lipinski definition) is 3. The fourth-order valence-corrected chi connectivity index (χ4v) is 5.27. The molecule has 0 aliphatic carbocycles. The largest absolute Gasteiger partial charge is 0.394 e. The minimum absolute atomic E-state index is 0.00834. The van der Waals surface area contributed by atoms with Gasteiger partial charge in [0.1, 0.15) is 4.83 Å². The number of amides is 1. The van der Waals surface area contributed by atoms with E-state index in [-0.39, 0.29) is 29.9 Å². The molecule has 0 spiro atoms. The van der Waals surface area contributed by atoms with E-state index in [1.807, 2.05) is 36.9 Å². The molecule has 0 radical (unpaired) electrons. The van der Waals surface area contributed by atoms with E-state index >= 15 is 0 Å². The Morgan fingerprint density at radius 2 is 2.12 bits per heavy atom. The van der Waals surface area contributed by atoms with Gasteiger partial charge in [0.05, 0.1) is 11.1 Å². The fraction of sp³-hybridized carbons (Fsp3) is 0.292. The van der Waals surface area contributed by atoms with Crippen molar-refractivity contribution in [2.75, 3.05) is 6.54 Å². The van der Waals surface area contributed by atoms with Gasteiger partial charge in [0.15, 0.2) is 6.29 Å². The number of nitrogens with two attached hydrogens (primary N) is 1. The number of H-pyrrole nitrogens is 1. The van der Waals surface area contributed by atoms with Gasteiger partial charge in [-0.3, -0.25) is 19.2 Å². The maximum absolute atomic E-state index is 12.7. The molecule has 176 valence electrons. The Morgan fingerprint density at radius 3 is 2.85 bits per heavy atom. The number of Topliss-reactive ketones (excluding diaryl/α,β-unsaturated/α-hetero) is 1. The molecule has 0 bridgehead atoms. The highest BCUT2D eigenvalue weighted by Gasteiger charge is 2.18. The van der Waals surface area contributed by atoms with Gasteiger partial charge in [-0.05, 0) is 42.0 Å². The van der Waals surface area contributed by atoms with Gasteiger partial charge < -0.3 is 20.9 Å². The number of aldehydes is 1. The van der Waals surface area contributed by atoms with Crippen molar-refractivity contribution in [2.24, 2.45) is 5.73 Å². The summed E-state index contributed by atoms with van der Waals surface area (Å²) < 4.78 is 0. The Hall–Kier alpha value is -3.79. The summed E-state index contributed by atoms with van der Waals surface area (Å²) in [6, 6.07) is 5.96. The number of carbonyl (C=O) groups is 3. The minimum Gasteiger partial charge on any atom is -0.394 e. The smallest absolute Gasteiger partial charge is 0.287 e. The Labute approximate surface area is 199 Å². The summed E-state index contributed by atoms with van der Waals surface area (Å²) >= 11 is 1.42. The van der Waals surface area contributed by atoms with Gasteiger partial charge in [-0.1, -0.05) is 25.1 Å². The second kappa shape index (κ2) is 9.60. The molecule has 3 aromatic rings. The summed E-state index contributed by atoms with van der Waals surface area (Å²) in [5, 5.41) is 3.38. The van der Waals surface area contributed by atoms with Crippen LogP contribution in [0.5, 0.6) is 0 Å². The molecule has 4 rings (SSSR count). The van der Waals surface area contributed by atoms with Crippen LogP contribution in [-0.4, -0.2) is 39.4 Å². The number of fused-ring (bicyclic) bond motifs is 2. The lowest BCUT2D eigenvalue weighted by atomic mass is 9.97. The molecule has 0 saturated heterocycles. The number of hydrogen-bond acceptors (Lipinski definition) is 8. The average Bonchev–Trinajstić information content (AvgIpc) is 3.16. The Morgan fingerprint density at radius 1 is 1.32 bits per heavy atom. The number of allylic oxidation sites excluding steroid dienone is 1. The van der Waals surface area contributed by atoms with Crippen LogP contribution in [0, 0.1) is 6.92 Å². The number of thiophene rings is 1. The molecule has 9 nitrogen and oxygen atoms in total. The quantitative estimate of drug-likeness (QED) is 0.266. The molecule has 3 heterocycles. The SMILES string of the molecule is CCc1c(C)sc2nc(C(=O)NCc3ccc4c(c3)CN(/C=C(\N)C(=O)C=O)CC4)[nH]c(=O)c12. The van der Waals surface area contributed by atoms with Crippen molar-refractivity contribution in [1.82, 2.24) is 20.2 Å². The summed E-state index contributed by atoms with van der Waals surface area (Å²) in [5.74, 6) is -1.20. The molecule has 4 N–H and O–H groups in total. The van der Waals surface area contributed by atoms with E-state index in [0.29, 0.717) is 23.3 Å². The molecule has 0 atom stereocenters. The molecule has 1 aliphatic heterocycles. The average molecular weight is 480 g/mol. The number of benzene rings is 1. The number of aromatic nitrogens is 2. The lowest BCUT2D eigenvalue weighted by Gasteiger charge is -2.28. The normalized spacial score (nSPS) is 13.6. The van der Waals surface area contributed by atoms with Crippen LogP contribution in [-0.2, 0) is 35.5 Å². The highest BCUT2D eigenvalue weighted by molar-refractivity contribution is 7.18. The van der Waals surface area contributed by atoms with Crippen molar-refractivity contribution in [1.29, 1.82) is 0 Å². The number of carbonyl (C=O) groups excluding carboxylic acids is 3. The summed E-state index contributed by atoms with van der Waals surface area (Å²) in [6.07, 6.45) is 3.20. The molecule has 1 aromatic carbocycles. The lowest BCUT2D eigenvalue weighted by Crippen LogP contribution is -2.29. The maximum Gasteiger partial charge on any atom is 0.287 e. The lowest BCUT2D eigenvalue weighted by molar-refractivity contribution is -0.127. The zero-order chi connectivity index (χ0) is 24.4. The van der Waals surface area contributed by atoms with Crippen LogP contribution < -0.4 is 16.6 Å². The first-order valence-corrected chi connectivity index (χ1v) is 11.7. The number of rotatable bonds is 7. The maximum atomic E-state index is 12.7. The van der Waals surface area contributed by atoms with Crippen molar-refractivity contribution in [3.63, 3.8) is 0 Å². The first-order chi connectivity index (χ1) is 16.3. The first-order valence-electron chi connectivity index (χ1n) is 10.9. The van der Waals surface area contributed by atoms with Crippen molar-refractivity contribution in [3.8, 4) is 0 Å². The topological polar surface area (TPSA) is 138 Å². The van der Waals surface area contributed by atoms with E-state index in [1.54, 1.807) is 0 Å². The second-order valence-electron chi connectivity index (χ2n) is 8.16. The Kier molecular flexibility index (Phi) is 6.60. The third kappa shape index (κ3) is 4.62. The second-order valence-corrected chi connectivity index (χ2v) is 9.36. The predicted molar refractivity (Wildman–Crippen MR) is 129 cm³/mol. The molecule has 0 fully saturated rings. The summed E-state index contributed by atoms with van der Waals surface area (Å²) in [7, 11) is 0. The van der Waals surface area contributed by atoms with Gasteiger partial charge in [-0.2, -0.15) is 0 Å². The van der Waals surface area contributed by atoms with Crippen LogP contribution in [0.1, 0.15) is 44.7 Å². The number of aromatic amines is 1. The van der Waals surface area contributed by atoms with Crippen LogP contribution >= 0.6 is 11.3 Å². The highest BCUT2D eigenvalue weighted by atomic mass is 32.1. The number of aryl methyl sites for hydroxylation is 2. The monoisotopic (exact) mass is 479 g/mol. The molecule has 10 heteroatoms. The van der Waals surface area contributed by atoms with Gasteiger partial charge in [-0.25, -0.2) is 4.98 Å². The standard InChI is InChI=1S/C24H25N5O4S/c1-3-17-13(2)34-24-20(17)22(32)27-21(28-24)23(33)26-9-14-4-5-15-6-7-29(10-16(15)8-14)11-18(25)19(31)12-30/h4-5,8,11-12H,3,6-7,9-10,25H2,1-2H3,(H,26,33)(H,27,28,32)/b18-11-. The molecule has 0 unspecified atom stereocenters. The number of nitrogens with zero attached hydrogens (tertiary/aromatic N) is 2. The number of nitrogens with one attached hydrogen (secondary N) is 2. The van der Waals surface area contributed by atoms with Crippen molar-refractivity contribution >= 4 is 39.5 Å². The zero-order valence-corrected chi connectivity index (χ0v) is 19.8. The summed E-state index contributed by atoms with van der Waals surface area (Å²) in [5.41, 5.74) is 9.36. The molecule has 1 aliphatic rings. The summed E-state index contributed by atoms with van der Waals surface area (Å²) in [6.45, 7) is 5.42. The first kappa shape index (κ1) is 23.4. The zero-order valence-electron chi connectivity index (χ0n) is 18.9.